The lowest BCUT2D eigenvalue weighted by Crippen LogP contribution is -2.40. The Morgan fingerprint density at radius 2 is 2.20 bits per heavy atom. The molecular formula is C16H22BrNO2. The molecule has 1 aromatic rings. The molecule has 0 bridgehead atoms. The van der Waals surface area contributed by atoms with Gasteiger partial charge in [0.15, 0.2) is 5.79 Å². The number of fused-ring (bicyclic) bond motifs is 1. The first-order valence-electron chi connectivity index (χ1n) is 7.34. The lowest BCUT2D eigenvalue weighted by molar-refractivity contribution is -0.137. The summed E-state index contributed by atoms with van der Waals surface area (Å²) >= 11 is 3.55. The van der Waals surface area contributed by atoms with Crippen molar-refractivity contribution in [2.45, 2.75) is 51.0 Å². The Morgan fingerprint density at radius 3 is 2.95 bits per heavy atom. The first kappa shape index (κ1) is 14.5. The monoisotopic (exact) mass is 339 g/mol. The minimum Gasteiger partial charge on any atom is -0.348 e. The summed E-state index contributed by atoms with van der Waals surface area (Å²) in [5.41, 5.74) is 2.96. The van der Waals surface area contributed by atoms with Crippen molar-refractivity contribution >= 4 is 15.9 Å². The summed E-state index contributed by atoms with van der Waals surface area (Å²) in [4.78, 5) is 0. The molecule has 0 radical (unpaired) electrons. The third-order valence-electron chi connectivity index (χ3n) is 4.10. The van der Waals surface area contributed by atoms with Gasteiger partial charge in [0.2, 0.25) is 0 Å². The van der Waals surface area contributed by atoms with Crippen molar-refractivity contribution in [3.8, 4) is 0 Å². The van der Waals surface area contributed by atoms with Crippen LogP contribution in [0.4, 0.5) is 0 Å². The van der Waals surface area contributed by atoms with E-state index in [9.17, 15) is 0 Å². The highest BCUT2D eigenvalue weighted by atomic mass is 79.9. The number of halogens is 1. The van der Waals surface area contributed by atoms with Crippen LogP contribution in [-0.2, 0) is 22.3 Å². The average Bonchev–Trinajstić information content (AvgIpc) is 2.76. The lowest BCUT2D eigenvalue weighted by atomic mass is 9.88. The Balaban J connectivity index is 1.52. The van der Waals surface area contributed by atoms with Crippen LogP contribution in [0.1, 0.15) is 31.4 Å². The lowest BCUT2D eigenvalue weighted by Gasteiger charge is -2.27. The van der Waals surface area contributed by atoms with E-state index in [-0.39, 0.29) is 6.10 Å². The van der Waals surface area contributed by atoms with Gasteiger partial charge in [-0.25, -0.2) is 0 Å². The maximum atomic E-state index is 5.83. The second kappa shape index (κ2) is 5.76. The van der Waals surface area contributed by atoms with E-state index in [4.69, 9.17) is 9.47 Å². The van der Waals surface area contributed by atoms with Gasteiger partial charge in [0.1, 0.15) is 0 Å². The fourth-order valence-electron chi connectivity index (χ4n) is 3.06. The van der Waals surface area contributed by atoms with Crippen molar-refractivity contribution < 1.29 is 9.47 Å². The van der Waals surface area contributed by atoms with E-state index in [0.717, 1.165) is 19.4 Å². The molecule has 1 aliphatic carbocycles. The van der Waals surface area contributed by atoms with Gasteiger partial charge in [0.25, 0.3) is 0 Å². The van der Waals surface area contributed by atoms with E-state index in [1.165, 1.54) is 22.0 Å². The molecule has 0 spiro atoms. The standard InChI is InChI=1S/C16H22BrNO2/c1-16(2)19-10-15(20-16)9-18-14-6-4-11-7-13(17)5-3-12(11)8-14/h3,5,7,14-15,18H,4,6,8-10H2,1-2H3. The summed E-state index contributed by atoms with van der Waals surface area (Å²) < 4.78 is 12.6. The molecule has 0 saturated carbocycles. The second-order valence-corrected chi connectivity index (χ2v) is 7.13. The smallest absolute Gasteiger partial charge is 0.163 e. The minimum atomic E-state index is -0.419. The van der Waals surface area contributed by atoms with Gasteiger partial charge in [-0.2, -0.15) is 0 Å². The summed E-state index contributed by atoms with van der Waals surface area (Å²) in [6.07, 6.45) is 3.64. The zero-order valence-corrected chi connectivity index (χ0v) is 13.7. The predicted molar refractivity (Wildman–Crippen MR) is 82.9 cm³/mol. The Kier molecular flexibility index (Phi) is 4.18. The zero-order chi connectivity index (χ0) is 14.2. The van der Waals surface area contributed by atoms with Crippen molar-refractivity contribution in [3.05, 3.63) is 33.8 Å². The quantitative estimate of drug-likeness (QED) is 0.917. The molecule has 2 unspecified atom stereocenters. The maximum absolute atomic E-state index is 5.83. The number of benzene rings is 1. The maximum Gasteiger partial charge on any atom is 0.163 e. The van der Waals surface area contributed by atoms with Gasteiger partial charge in [-0.05, 0) is 56.4 Å². The van der Waals surface area contributed by atoms with Gasteiger partial charge in [0, 0.05) is 17.1 Å². The third kappa shape index (κ3) is 3.42. The van der Waals surface area contributed by atoms with Crippen LogP contribution in [0.25, 0.3) is 0 Å². The number of ether oxygens (including phenoxy) is 2. The molecule has 110 valence electrons. The van der Waals surface area contributed by atoms with Gasteiger partial charge >= 0.3 is 0 Å². The fourth-order valence-corrected chi connectivity index (χ4v) is 3.47. The molecule has 1 fully saturated rings. The van der Waals surface area contributed by atoms with Crippen LogP contribution in [0, 0.1) is 0 Å². The summed E-state index contributed by atoms with van der Waals surface area (Å²) in [6, 6.07) is 7.18. The van der Waals surface area contributed by atoms with E-state index < -0.39 is 5.79 Å². The van der Waals surface area contributed by atoms with Gasteiger partial charge in [-0.15, -0.1) is 0 Å². The van der Waals surface area contributed by atoms with Gasteiger partial charge in [-0.3, -0.25) is 0 Å². The van der Waals surface area contributed by atoms with Crippen molar-refractivity contribution in [1.29, 1.82) is 0 Å². The van der Waals surface area contributed by atoms with E-state index in [0.29, 0.717) is 12.6 Å². The number of rotatable bonds is 3. The summed E-state index contributed by atoms with van der Waals surface area (Å²) in [6.45, 7) is 5.51. The predicted octanol–water partition coefficient (Wildman–Crippen LogP) is 3.05. The van der Waals surface area contributed by atoms with Crippen molar-refractivity contribution in [2.75, 3.05) is 13.2 Å². The van der Waals surface area contributed by atoms with Crippen LogP contribution in [0.15, 0.2) is 22.7 Å². The highest BCUT2D eigenvalue weighted by Crippen LogP contribution is 2.25. The molecule has 4 heteroatoms. The van der Waals surface area contributed by atoms with Crippen molar-refractivity contribution in [2.24, 2.45) is 0 Å². The normalized spacial score (nSPS) is 28.4. The van der Waals surface area contributed by atoms with Crippen LogP contribution in [0.5, 0.6) is 0 Å². The summed E-state index contributed by atoms with van der Waals surface area (Å²) in [5.74, 6) is -0.419. The first-order chi connectivity index (χ1) is 9.52. The first-order valence-corrected chi connectivity index (χ1v) is 8.13. The molecule has 1 N–H and O–H groups in total. The van der Waals surface area contributed by atoms with E-state index in [2.05, 4.69) is 39.4 Å². The molecule has 20 heavy (non-hydrogen) atoms. The number of aryl methyl sites for hydroxylation is 1. The van der Waals surface area contributed by atoms with Crippen LogP contribution < -0.4 is 5.32 Å². The van der Waals surface area contributed by atoms with E-state index >= 15 is 0 Å². The Bertz CT molecular complexity index is 489. The molecule has 1 aliphatic heterocycles. The SMILES string of the molecule is CC1(C)OCC(CNC2CCc3cc(Br)ccc3C2)O1. The third-order valence-corrected chi connectivity index (χ3v) is 4.59. The van der Waals surface area contributed by atoms with Crippen molar-refractivity contribution in [3.63, 3.8) is 0 Å². The molecule has 0 amide bonds. The second-order valence-electron chi connectivity index (χ2n) is 6.21. The van der Waals surface area contributed by atoms with Crippen LogP contribution >= 0.6 is 15.9 Å². The molecular weight excluding hydrogens is 318 g/mol. The molecule has 2 aliphatic rings. The van der Waals surface area contributed by atoms with Crippen LogP contribution in [0.2, 0.25) is 0 Å². The highest BCUT2D eigenvalue weighted by Gasteiger charge is 2.32. The van der Waals surface area contributed by atoms with E-state index in [1.54, 1.807) is 0 Å². The molecule has 3 rings (SSSR count). The van der Waals surface area contributed by atoms with Gasteiger partial charge < -0.3 is 14.8 Å². The van der Waals surface area contributed by atoms with Gasteiger partial charge in [-0.1, -0.05) is 22.0 Å². The molecule has 1 heterocycles. The minimum absolute atomic E-state index is 0.177. The van der Waals surface area contributed by atoms with Crippen LogP contribution in [0.3, 0.4) is 0 Å². The molecule has 1 saturated heterocycles. The molecule has 0 aromatic heterocycles. The van der Waals surface area contributed by atoms with Gasteiger partial charge in [0.05, 0.1) is 12.7 Å². The van der Waals surface area contributed by atoms with E-state index in [1.807, 2.05) is 13.8 Å². The Hall–Kier alpha value is -0.420. The summed E-state index contributed by atoms with van der Waals surface area (Å²) in [5, 5.41) is 3.64. The molecule has 2 atom stereocenters. The number of hydrogen-bond donors (Lipinski definition) is 1. The fraction of sp³-hybridized carbons (Fsp3) is 0.625. The number of nitrogens with one attached hydrogen (secondary N) is 1. The van der Waals surface area contributed by atoms with Crippen LogP contribution in [-0.4, -0.2) is 31.1 Å². The topological polar surface area (TPSA) is 30.5 Å². The van der Waals surface area contributed by atoms with Crippen molar-refractivity contribution in [1.82, 2.24) is 5.32 Å². The summed E-state index contributed by atoms with van der Waals surface area (Å²) in [7, 11) is 0. The average molecular weight is 340 g/mol. The number of hydrogen-bond acceptors (Lipinski definition) is 3. The molecule has 1 aromatic carbocycles. The largest absolute Gasteiger partial charge is 0.348 e. The highest BCUT2D eigenvalue weighted by molar-refractivity contribution is 9.10. The Labute approximate surface area is 129 Å². The molecule has 3 nitrogen and oxygen atoms in total. The zero-order valence-electron chi connectivity index (χ0n) is 12.1. The Morgan fingerprint density at radius 1 is 1.35 bits per heavy atom.